The van der Waals surface area contributed by atoms with Crippen LogP contribution >= 0.6 is 11.6 Å². The lowest BCUT2D eigenvalue weighted by Gasteiger charge is -2.36. The van der Waals surface area contributed by atoms with Crippen LogP contribution in [-0.4, -0.2) is 48.7 Å². The lowest BCUT2D eigenvalue weighted by Crippen LogP contribution is -2.48. The second-order valence-corrected chi connectivity index (χ2v) is 5.02. The first-order valence-corrected chi connectivity index (χ1v) is 6.39. The first kappa shape index (κ1) is 13.2. The molecule has 5 heteroatoms. The Bertz CT molecular complexity index is 443. The van der Waals surface area contributed by atoms with Crippen molar-refractivity contribution >= 4 is 23.3 Å². The molecule has 1 N–H and O–H groups in total. The number of carboxylic acid groups (broad SMARTS) is 1. The summed E-state index contributed by atoms with van der Waals surface area (Å²) in [5.41, 5.74) is 2.35. The fraction of sp³-hybridized carbons (Fsp3) is 0.462. The van der Waals surface area contributed by atoms with Crippen molar-refractivity contribution in [2.45, 2.75) is 6.92 Å². The van der Waals surface area contributed by atoms with Gasteiger partial charge in [-0.05, 0) is 30.7 Å². The molecular formula is C13H17ClN2O2. The molecule has 1 fully saturated rings. The molecule has 0 spiro atoms. The molecule has 0 unspecified atom stereocenters. The fourth-order valence-electron chi connectivity index (χ4n) is 2.31. The van der Waals surface area contributed by atoms with E-state index in [-0.39, 0.29) is 6.54 Å². The summed E-state index contributed by atoms with van der Waals surface area (Å²) >= 11 is 5.94. The Morgan fingerprint density at radius 2 is 2.00 bits per heavy atom. The van der Waals surface area contributed by atoms with Gasteiger partial charge in [-0.2, -0.15) is 0 Å². The summed E-state index contributed by atoms with van der Waals surface area (Å²) in [6.07, 6.45) is 0. The van der Waals surface area contributed by atoms with E-state index in [4.69, 9.17) is 16.7 Å². The maximum atomic E-state index is 10.6. The molecule has 2 rings (SSSR count). The minimum absolute atomic E-state index is 0.132. The van der Waals surface area contributed by atoms with Crippen molar-refractivity contribution in [2.75, 3.05) is 37.6 Å². The number of nitrogens with zero attached hydrogens (tertiary/aromatic N) is 2. The van der Waals surface area contributed by atoms with E-state index in [1.807, 2.05) is 30.0 Å². The van der Waals surface area contributed by atoms with Gasteiger partial charge in [0, 0.05) is 36.9 Å². The minimum atomic E-state index is -0.758. The van der Waals surface area contributed by atoms with Crippen molar-refractivity contribution in [3.05, 3.63) is 28.8 Å². The van der Waals surface area contributed by atoms with Gasteiger partial charge in [-0.1, -0.05) is 11.6 Å². The zero-order valence-electron chi connectivity index (χ0n) is 10.4. The number of halogens is 1. The number of aliphatic carboxylic acids is 1. The van der Waals surface area contributed by atoms with Crippen LogP contribution in [0, 0.1) is 6.92 Å². The second-order valence-electron chi connectivity index (χ2n) is 4.59. The number of carboxylic acids is 1. The summed E-state index contributed by atoms with van der Waals surface area (Å²) in [4.78, 5) is 14.9. The number of benzene rings is 1. The van der Waals surface area contributed by atoms with E-state index in [2.05, 4.69) is 4.90 Å². The van der Waals surface area contributed by atoms with Crippen molar-refractivity contribution in [2.24, 2.45) is 0 Å². The monoisotopic (exact) mass is 268 g/mol. The molecule has 0 radical (unpaired) electrons. The van der Waals surface area contributed by atoms with Crippen LogP contribution in [0.15, 0.2) is 18.2 Å². The van der Waals surface area contributed by atoms with Crippen LogP contribution in [0.1, 0.15) is 5.56 Å². The lowest BCUT2D eigenvalue weighted by molar-refractivity contribution is -0.138. The zero-order chi connectivity index (χ0) is 13.1. The largest absolute Gasteiger partial charge is 0.480 e. The van der Waals surface area contributed by atoms with Gasteiger partial charge in [0.25, 0.3) is 0 Å². The van der Waals surface area contributed by atoms with E-state index in [0.717, 1.165) is 36.8 Å². The molecule has 0 atom stereocenters. The second kappa shape index (κ2) is 5.59. The Hall–Kier alpha value is -1.26. The number of hydrogen-bond acceptors (Lipinski definition) is 3. The van der Waals surface area contributed by atoms with Crippen molar-refractivity contribution in [1.29, 1.82) is 0 Å². The Labute approximate surface area is 112 Å². The topological polar surface area (TPSA) is 43.8 Å². The Morgan fingerprint density at radius 1 is 1.33 bits per heavy atom. The average Bonchev–Trinajstić information content (AvgIpc) is 2.30. The third-order valence-corrected chi connectivity index (χ3v) is 3.47. The highest BCUT2D eigenvalue weighted by molar-refractivity contribution is 6.30. The van der Waals surface area contributed by atoms with Crippen LogP contribution in [-0.2, 0) is 4.79 Å². The highest BCUT2D eigenvalue weighted by Gasteiger charge is 2.19. The van der Waals surface area contributed by atoms with Gasteiger partial charge in [-0.15, -0.1) is 0 Å². The third-order valence-electron chi connectivity index (χ3n) is 3.23. The van der Waals surface area contributed by atoms with E-state index >= 15 is 0 Å². The molecule has 1 aliphatic rings. The van der Waals surface area contributed by atoms with Crippen LogP contribution < -0.4 is 4.90 Å². The molecule has 98 valence electrons. The number of hydrogen-bond donors (Lipinski definition) is 1. The summed E-state index contributed by atoms with van der Waals surface area (Å²) in [6, 6.07) is 5.89. The quantitative estimate of drug-likeness (QED) is 0.909. The standard InChI is InChI=1S/C13H17ClN2O2/c1-10-8-11(14)2-3-12(10)16-6-4-15(5-7-16)9-13(17)18/h2-3,8H,4-7,9H2,1H3,(H,17,18). The van der Waals surface area contributed by atoms with Crippen LogP contribution in [0.3, 0.4) is 0 Å². The van der Waals surface area contributed by atoms with Crippen molar-refractivity contribution in [3.63, 3.8) is 0 Å². The van der Waals surface area contributed by atoms with Crippen LogP contribution in [0.5, 0.6) is 0 Å². The van der Waals surface area contributed by atoms with E-state index in [1.165, 1.54) is 5.69 Å². The maximum absolute atomic E-state index is 10.6. The number of rotatable bonds is 3. The molecule has 18 heavy (non-hydrogen) atoms. The molecule has 0 amide bonds. The molecule has 1 heterocycles. The molecule has 0 aromatic heterocycles. The lowest BCUT2D eigenvalue weighted by atomic mass is 10.1. The van der Waals surface area contributed by atoms with Crippen LogP contribution in [0.2, 0.25) is 5.02 Å². The maximum Gasteiger partial charge on any atom is 0.317 e. The number of anilines is 1. The van der Waals surface area contributed by atoms with Gasteiger partial charge in [0.15, 0.2) is 0 Å². The molecule has 0 bridgehead atoms. The number of aryl methyl sites for hydroxylation is 1. The average molecular weight is 269 g/mol. The molecule has 1 aromatic carbocycles. The summed E-state index contributed by atoms with van der Waals surface area (Å²) in [5.74, 6) is -0.758. The number of piperazine rings is 1. The van der Waals surface area contributed by atoms with Crippen LogP contribution in [0.25, 0.3) is 0 Å². The predicted molar refractivity (Wildman–Crippen MR) is 72.5 cm³/mol. The van der Waals surface area contributed by atoms with Gasteiger partial charge in [0.1, 0.15) is 0 Å². The van der Waals surface area contributed by atoms with Gasteiger partial charge >= 0.3 is 5.97 Å². The van der Waals surface area contributed by atoms with Gasteiger partial charge in [0.05, 0.1) is 6.54 Å². The molecule has 0 aliphatic carbocycles. The first-order valence-electron chi connectivity index (χ1n) is 6.01. The summed E-state index contributed by atoms with van der Waals surface area (Å²) in [5, 5.41) is 9.50. The van der Waals surface area contributed by atoms with E-state index < -0.39 is 5.97 Å². The van der Waals surface area contributed by atoms with Gasteiger partial charge < -0.3 is 10.0 Å². The Balaban J connectivity index is 1.99. The fourth-order valence-corrected chi connectivity index (χ4v) is 2.54. The molecule has 0 saturated carbocycles. The Kier molecular flexibility index (Phi) is 4.09. The smallest absolute Gasteiger partial charge is 0.317 e. The summed E-state index contributed by atoms with van der Waals surface area (Å²) < 4.78 is 0. The molecule has 1 saturated heterocycles. The SMILES string of the molecule is Cc1cc(Cl)ccc1N1CCN(CC(=O)O)CC1. The summed E-state index contributed by atoms with van der Waals surface area (Å²) in [6.45, 7) is 5.46. The highest BCUT2D eigenvalue weighted by Crippen LogP contribution is 2.24. The first-order chi connectivity index (χ1) is 8.56. The third kappa shape index (κ3) is 3.15. The summed E-state index contributed by atoms with van der Waals surface area (Å²) in [7, 11) is 0. The normalized spacial score (nSPS) is 16.9. The predicted octanol–water partition coefficient (Wildman–Crippen LogP) is 1.86. The zero-order valence-corrected chi connectivity index (χ0v) is 11.2. The minimum Gasteiger partial charge on any atom is -0.480 e. The van der Waals surface area contributed by atoms with Gasteiger partial charge in [-0.25, -0.2) is 0 Å². The molecular weight excluding hydrogens is 252 g/mol. The Morgan fingerprint density at radius 3 is 2.56 bits per heavy atom. The van der Waals surface area contributed by atoms with E-state index in [9.17, 15) is 4.79 Å². The molecule has 1 aliphatic heterocycles. The highest BCUT2D eigenvalue weighted by atomic mass is 35.5. The van der Waals surface area contributed by atoms with E-state index in [0.29, 0.717) is 0 Å². The van der Waals surface area contributed by atoms with Crippen LogP contribution in [0.4, 0.5) is 5.69 Å². The molecule has 1 aromatic rings. The van der Waals surface area contributed by atoms with Crippen molar-refractivity contribution < 1.29 is 9.90 Å². The van der Waals surface area contributed by atoms with Crippen molar-refractivity contribution in [1.82, 2.24) is 4.90 Å². The van der Waals surface area contributed by atoms with Crippen molar-refractivity contribution in [3.8, 4) is 0 Å². The molecule has 4 nitrogen and oxygen atoms in total. The number of carbonyl (C=O) groups is 1. The van der Waals surface area contributed by atoms with Gasteiger partial charge in [-0.3, -0.25) is 9.69 Å². The van der Waals surface area contributed by atoms with Gasteiger partial charge in [0.2, 0.25) is 0 Å². The van der Waals surface area contributed by atoms with E-state index in [1.54, 1.807) is 0 Å².